The predicted molar refractivity (Wildman–Crippen MR) is 151 cm³/mol. The fourth-order valence-corrected chi connectivity index (χ4v) is 8.93. The fourth-order valence-electron chi connectivity index (χ4n) is 8.46. The molecule has 10 nitrogen and oxygen atoms in total. The second-order valence-corrected chi connectivity index (χ2v) is 13.8. The molecule has 0 aliphatic heterocycles. The molecular formula is C30H43NO9S. The van der Waals surface area contributed by atoms with Crippen LogP contribution in [-0.4, -0.2) is 81.1 Å². The lowest BCUT2D eigenvalue weighted by molar-refractivity contribution is -0.184. The summed E-state index contributed by atoms with van der Waals surface area (Å²) in [5.74, 6) is -2.39. The number of hydrogen-bond donors (Lipinski definition) is 4. The van der Waals surface area contributed by atoms with Crippen LogP contribution in [-0.2, 0) is 28.7 Å². The number of esters is 1. The normalized spacial score (nSPS) is 36.7. The van der Waals surface area contributed by atoms with Crippen LogP contribution in [0.5, 0.6) is 0 Å². The first kappa shape index (κ1) is 31.7. The number of ether oxygens (including phenoxy) is 1. The van der Waals surface area contributed by atoms with Crippen molar-refractivity contribution in [1.29, 1.82) is 0 Å². The average Bonchev–Trinajstić information content (AvgIpc) is 3.19. The number of carboxylic acid groups (broad SMARTS) is 1. The first-order valence-corrected chi connectivity index (χ1v) is 16.0. The minimum absolute atomic E-state index is 0.00791. The third kappa shape index (κ3) is 5.86. The Morgan fingerprint density at radius 1 is 1.15 bits per heavy atom. The summed E-state index contributed by atoms with van der Waals surface area (Å²) in [6.07, 6.45) is 6.30. The van der Waals surface area contributed by atoms with Gasteiger partial charge in [-0.2, -0.15) is 11.8 Å². The molecule has 4 rings (SSSR count). The molecule has 0 unspecified atom stereocenters. The summed E-state index contributed by atoms with van der Waals surface area (Å²) in [4.78, 5) is 61.3. The van der Waals surface area contributed by atoms with Gasteiger partial charge in [-0.15, -0.1) is 0 Å². The number of ketones is 2. The zero-order chi connectivity index (χ0) is 30.2. The highest BCUT2D eigenvalue weighted by Crippen LogP contribution is 2.67. The van der Waals surface area contributed by atoms with E-state index in [9.17, 15) is 39.3 Å². The molecule has 4 aliphatic rings. The number of carboxylic acids is 1. The maximum absolute atomic E-state index is 13.4. The summed E-state index contributed by atoms with van der Waals surface area (Å²) >= 11 is 1.46. The molecule has 0 aromatic rings. The highest BCUT2D eigenvalue weighted by molar-refractivity contribution is 7.98. The van der Waals surface area contributed by atoms with Gasteiger partial charge >= 0.3 is 11.9 Å². The van der Waals surface area contributed by atoms with Crippen LogP contribution in [0.2, 0.25) is 0 Å². The average molecular weight is 594 g/mol. The van der Waals surface area contributed by atoms with E-state index in [4.69, 9.17) is 4.74 Å². The van der Waals surface area contributed by atoms with E-state index in [1.165, 1.54) is 11.8 Å². The molecule has 41 heavy (non-hydrogen) atoms. The molecule has 4 aliphatic carbocycles. The van der Waals surface area contributed by atoms with Crippen LogP contribution in [0.1, 0.15) is 78.1 Å². The van der Waals surface area contributed by atoms with E-state index in [0.717, 1.165) is 18.4 Å². The van der Waals surface area contributed by atoms with E-state index < -0.39 is 53.4 Å². The van der Waals surface area contributed by atoms with Crippen LogP contribution in [0.25, 0.3) is 0 Å². The number of Topliss-reactive ketones (excluding diaryl/α,β-unsaturated/α-hetero) is 1. The van der Waals surface area contributed by atoms with E-state index >= 15 is 0 Å². The SMILES string of the molecule is CSCC[C@H](NC(=O)CCC(=O)OCC(=O)[C@@]1(O)CC[C@H]2[C@@H]3CCC4=CC(=O)CC[C@]4(C)[C@H]3[C@H](O)C[C@@]21C)C(=O)O. The van der Waals surface area contributed by atoms with Gasteiger partial charge in [0.2, 0.25) is 11.7 Å². The topological polar surface area (TPSA) is 167 Å². The smallest absolute Gasteiger partial charge is 0.326 e. The van der Waals surface area contributed by atoms with Crippen molar-refractivity contribution in [2.75, 3.05) is 18.6 Å². The largest absolute Gasteiger partial charge is 0.480 e. The number of thioether (sulfide) groups is 1. The van der Waals surface area contributed by atoms with Gasteiger partial charge < -0.3 is 25.4 Å². The van der Waals surface area contributed by atoms with Crippen LogP contribution >= 0.6 is 11.8 Å². The van der Waals surface area contributed by atoms with Gasteiger partial charge in [0.25, 0.3) is 0 Å². The van der Waals surface area contributed by atoms with Gasteiger partial charge in [0, 0.05) is 18.3 Å². The number of allylic oxidation sites excluding steroid dienone is 1. The van der Waals surface area contributed by atoms with E-state index in [0.29, 0.717) is 25.0 Å². The lowest BCUT2D eigenvalue weighted by Gasteiger charge is -2.60. The highest BCUT2D eigenvalue weighted by Gasteiger charge is 2.68. The summed E-state index contributed by atoms with van der Waals surface area (Å²) < 4.78 is 5.15. The molecule has 0 spiro atoms. The second kappa shape index (κ2) is 12.2. The predicted octanol–water partition coefficient (Wildman–Crippen LogP) is 2.44. The molecule has 3 saturated carbocycles. The molecular weight excluding hydrogens is 550 g/mol. The third-order valence-electron chi connectivity index (χ3n) is 10.7. The molecule has 0 saturated heterocycles. The number of aliphatic carboxylic acids is 1. The summed E-state index contributed by atoms with van der Waals surface area (Å²) in [5.41, 5.74) is -1.81. The van der Waals surface area contributed by atoms with Crippen molar-refractivity contribution < 1.29 is 44.0 Å². The Labute approximate surface area is 245 Å². The van der Waals surface area contributed by atoms with Crippen molar-refractivity contribution in [3.05, 3.63) is 11.6 Å². The standard InChI is InChI=1S/C30H43NO9S/c1-28-11-8-18(32)14-17(28)4-5-19-20-9-12-30(39,29(20,2)15-22(33)26(19)28)23(34)16-40-25(36)7-6-24(35)31-21(27(37)38)10-13-41-3/h14,19-22,26,33,39H,4-13,15-16H2,1-3H3,(H,31,35)(H,37,38)/t19-,20-,21-,22+,26+,28-,29-,30-/m0/s1. The van der Waals surface area contributed by atoms with Crippen LogP contribution < -0.4 is 5.32 Å². The number of nitrogens with one attached hydrogen (secondary N) is 1. The van der Waals surface area contributed by atoms with Gasteiger partial charge in [-0.3, -0.25) is 19.2 Å². The fraction of sp³-hybridized carbons (Fsp3) is 0.767. The van der Waals surface area contributed by atoms with Gasteiger partial charge in [-0.25, -0.2) is 4.79 Å². The molecule has 8 atom stereocenters. The Bertz CT molecular complexity index is 1120. The summed E-state index contributed by atoms with van der Waals surface area (Å²) in [6.45, 7) is 3.37. The maximum atomic E-state index is 13.4. The van der Waals surface area contributed by atoms with E-state index in [1.54, 1.807) is 6.08 Å². The van der Waals surface area contributed by atoms with Crippen molar-refractivity contribution in [1.82, 2.24) is 5.32 Å². The molecule has 0 radical (unpaired) electrons. The van der Waals surface area contributed by atoms with E-state index in [2.05, 4.69) is 12.2 Å². The Hall–Kier alpha value is -2.24. The van der Waals surface area contributed by atoms with Crippen LogP contribution in [0.15, 0.2) is 11.6 Å². The number of hydrogen-bond acceptors (Lipinski definition) is 9. The Kier molecular flexibility index (Phi) is 9.40. The number of fused-ring (bicyclic) bond motifs is 5. The Morgan fingerprint density at radius 2 is 1.88 bits per heavy atom. The van der Waals surface area contributed by atoms with Crippen molar-refractivity contribution >= 4 is 41.2 Å². The van der Waals surface area contributed by atoms with E-state index in [1.807, 2.05) is 13.2 Å². The van der Waals surface area contributed by atoms with Crippen LogP contribution in [0.3, 0.4) is 0 Å². The van der Waals surface area contributed by atoms with Crippen molar-refractivity contribution in [3.8, 4) is 0 Å². The van der Waals surface area contributed by atoms with Gasteiger partial charge in [-0.05, 0) is 86.2 Å². The number of amides is 1. The third-order valence-corrected chi connectivity index (χ3v) is 11.3. The van der Waals surface area contributed by atoms with Crippen molar-refractivity contribution in [2.24, 2.45) is 28.6 Å². The zero-order valence-corrected chi connectivity index (χ0v) is 25.0. The molecule has 3 fully saturated rings. The van der Waals surface area contributed by atoms with Gasteiger partial charge in [0.05, 0.1) is 12.5 Å². The Morgan fingerprint density at radius 3 is 2.56 bits per heavy atom. The molecule has 228 valence electrons. The Balaban J connectivity index is 1.35. The molecule has 0 heterocycles. The molecule has 0 aromatic carbocycles. The second-order valence-electron chi connectivity index (χ2n) is 12.8. The quantitative estimate of drug-likeness (QED) is 0.261. The zero-order valence-electron chi connectivity index (χ0n) is 24.1. The number of aliphatic hydroxyl groups is 2. The molecule has 0 bridgehead atoms. The van der Waals surface area contributed by atoms with Gasteiger partial charge in [-0.1, -0.05) is 19.4 Å². The number of carbonyl (C=O) groups is 5. The van der Waals surface area contributed by atoms with Crippen molar-refractivity contribution in [3.63, 3.8) is 0 Å². The lowest BCUT2D eigenvalue weighted by Crippen LogP contribution is -2.62. The summed E-state index contributed by atoms with van der Waals surface area (Å²) in [5, 5.41) is 34.9. The summed E-state index contributed by atoms with van der Waals surface area (Å²) in [6, 6.07) is -1.04. The first-order valence-electron chi connectivity index (χ1n) is 14.6. The van der Waals surface area contributed by atoms with Crippen LogP contribution in [0, 0.1) is 28.6 Å². The maximum Gasteiger partial charge on any atom is 0.326 e. The number of carbonyl (C=O) groups excluding carboxylic acids is 4. The monoisotopic (exact) mass is 593 g/mol. The molecule has 1 amide bonds. The van der Waals surface area contributed by atoms with Gasteiger partial charge in [0.15, 0.2) is 12.4 Å². The molecule has 11 heteroatoms. The van der Waals surface area contributed by atoms with Gasteiger partial charge in [0.1, 0.15) is 11.6 Å². The number of aliphatic hydroxyl groups excluding tert-OH is 1. The minimum atomic E-state index is -1.76. The lowest BCUT2D eigenvalue weighted by atomic mass is 9.45. The highest BCUT2D eigenvalue weighted by atomic mass is 32.2. The number of rotatable bonds is 11. The van der Waals surface area contributed by atoms with E-state index in [-0.39, 0.29) is 61.1 Å². The molecule has 0 aromatic heterocycles. The minimum Gasteiger partial charge on any atom is -0.480 e. The summed E-state index contributed by atoms with van der Waals surface area (Å²) in [7, 11) is 0. The first-order chi connectivity index (χ1) is 19.3. The van der Waals surface area contributed by atoms with Crippen LogP contribution in [0.4, 0.5) is 0 Å². The molecule has 4 N–H and O–H groups in total. The van der Waals surface area contributed by atoms with Crippen molar-refractivity contribution in [2.45, 2.75) is 95.8 Å².